The Morgan fingerprint density at radius 1 is 1.48 bits per heavy atom. The first kappa shape index (κ1) is 16.8. The van der Waals surface area contributed by atoms with Gasteiger partial charge in [-0.1, -0.05) is 0 Å². The van der Waals surface area contributed by atoms with Gasteiger partial charge in [-0.15, -0.1) is 0 Å². The second-order valence-corrected chi connectivity index (χ2v) is 10.4. The van der Waals surface area contributed by atoms with E-state index in [0.29, 0.717) is 30.1 Å². The summed E-state index contributed by atoms with van der Waals surface area (Å²) in [6, 6.07) is 5.09. The third-order valence-corrected chi connectivity index (χ3v) is 6.91. The van der Waals surface area contributed by atoms with Crippen molar-refractivity contribution in [2.24, 2.45) is 0 Å². The second kappa shape index (κ2) is 6.11. The molecule has 2 atom stereocenters. The molecule has 0 saturated carbocycles. The van der Waals surface area contributed by atoms with E-state index in [4.69, 9.17) is 4.74 Å². The van der Waals surface area contributed by atoms with Gasteiger partial charge in [-0.3, -0.25) is 0 Å². The molecule has 1 amide bonds. The summed E-state index contributed by atoms with van der Waals surface area (Å²) in [5.74, 6) is 0. The van der Waals surface area contributed by atoms with Crippen LogP contribution in [0.1, 0.15) is 19.4 Å². The molecule has 1 saturated heterocycles. The van der Waals surface area contributed by atoms with Crippen molar-refractivity contribution in [1.82, 2.24) is 5.32 Å². The van der Waals surface area contributed by atoms with Crippen LogP contribution in [-0.2, 0) is 40.3 Å². The Kier molecular flexibility index (Phi) is 4.47. The summed E-state index contributed by atoms with van der Waals surface area (Å²) in [5.41, 5.74) is 1.48. The minimum atomic E-state index is -3.21. The van der Waals surface area contributed by atoms with E-state index < -0.39 is 15.1 Å². The van der Waals surface area contributed by atoms with E-state index in [2.05, 4.69) is 5.32 Å². The van der Waals surface area contributed by atoms with Gasteiger partial charge in [0.1, 0.15) is 0 Å². The molecule has 6 nitrogen and oxygen atoms in total. The van der Waals surface area contributed by atoms with Gasteiger partial charge in [0.2, 0.25) is 0 Å². The Morgan fingerprint density at radius 2 is 2.22 bits per heavy atom. The first-order valence-electron chi connectivity index (χ1n) is 7.38. The van der Waals surface area contributed by atoms with Crippen LogP contribution in [0, 0.1) is 0 Å². The van der Waals surface area contributed by atoms with Crippen LogP contribution in [0.15, 0.2) is 23.1 Å². The van der Waals surface area contributed by atoms with Crippen molar-refractivity contribution >= 4 is 25.6 Å². The summed E-state index contributed by atoms with van der Waals surface area (Å²) in [5, 5.41) is 2.81. The Hall–Kier alpha value is -1.04. The van der Waals surface area contributed by atoms with E-state index in [9.17, 15) is 13.2 Å². The average molecular weight is 506 g/mol. The number of rotatable bonds is 4. The van der Waals surface area contributed by atoms with E-state index in [1.54, 1.807) is 30.0 Å². The summed E-state index contributed by atoms with van der Waals surface area (Å²) >= 11 is 1.36. The molecule has 1 N–H and O–H groups in total. The number of hydrogen-bond donors (Lipinski definition) is 1. The molecule has 2 aliphatic heterocycles. The molecule has 2 unspecified atom stereocenters. The normalized spacial score (nSPS) is 25.3. The quantitative estimate of drug-likeness (QED) is 0.661. The summed E-state index contributed by atoms with van der Waals surface area (Å²) in [6.45, 7) is 4.77. The van der Waals surface area contributed by atoms with E-state index in [-0.39, 0.29) is 12.2 Å². The molecule has 0 bridgehead atoms. The number of nitrogens with one attached hydrogen (secondary N) is 1. The molecule has 23 heavy (non-hydrogen) atoms. The SMILES string of the molecule is C[C](=[W])NCC1CN(c2ccc3c(c2)CC(C)S3(=O)=O)C(=O)O1. The molecule has 2 heterocycles. The predicted molar refractivity (Wildman–Crippen MR) is 83.1 cm³/mol. The number of nitrogens with zero attached hydrogens (tertiary/aromatic N) is 1. The fourth-order valence-electron chi connectivity index (χ4n) is 2.90. The summed E-state index contributed by atoms with van der Waals surface area (Å²) in [4.78, 5) is 14.0. The molecule has 0 aliphatic carbocycles. The van der Waals surface area contributed by atoms with Gasteiger partial charge in [0.25, 0.3) is 0 Å². The Morgan fingerprint density at radius 3 is 2.91 bits per heavy atom. The first-order valence-corrected chi connectivity index (χ1v) is 10.4. The average Bonchev–Trinajstić information content (AvgIpc) is 2.95. The maximum absolute atomic E-state index is 12.2. The van der Waals surface area contributed by atoms with Crippen molar-refractivity contribution in [2.75, 3.05) is 18.0 Å². The zero-order valence-electron chi connectivity index (χ0n) is 12.9. The van der Waals surface area contributed by atoms with Crippen LogP contribution >= 0.6 is 0 Å². The number of sulfone groups is 1. The minimum absolute atomic E-state index is 0.201. The molecule has 0 radical (unpaired) electrons. The van der Waals surface area contributed by atoms with Gasteiger partial charge in [-0.2, -0.15) is 0 Å². The number of benzene rings is 1. The number of cyclic esters (lactones) is 1. The molecule has 3 rings (SSSR count). The fourth-order valence-corrected chi connectivity index (χ4v) is 4.80. The number of hydrogen-bond acceptors (Lipinski definition) is 5. The molecule has 1 fully saturated rings. The monoisotopic (exact) mass is 506 g/mol. The Labute approximate surface area is 146 Å². The van der Waals surface area contributed by atoms with E-state index >= 15 is 0 Å². The molecule has 1 aromatic carbocycles. The van der Waals surface area contributed by atoms with Crippen molar-refractivity contribution in [2.45, 2.75) is 36.5 Å². The number of fused-ring (bicyclic) bond motifs is 1. The number of carbonyl (C=O) groups excluding carboxylic acids is 1. The summed E-state index contributed by atoms with van der Waals surface area (Å²) < 4.78 is 30.8. The second-order valence-electron chi connectivity index (χ2n) is 5.91. The zero-order chi connectivity index (χ0) is 16.8. The van der Waals surface area contributed by atoms with Gasteiger partial charge >= 0.3 is 147 Å². The molecular formula is C15H18N2O4SW. The Bertz CT molecular complexity index is 778. The number of ether oxygens (including phenoxy) is 1. The molecule has 0 aromatic heterocycles. The Balaban J connectivity index is 1.80. The van der Waals surface area contributed by atoms with Gasteiger partial charge < -0.3 is 0 Å². The molecule has 1 aromatic rings. The van der Waals surface area contributed by atoms with Crippen molar-refractivity contribution in [3.63, 3.8) is 0 Å². The van der Waals surface area contributed by atoms with Gasteiger partial charge in [-0.05, 0) is 0 Å². The number of anilines is 1. The predicted octanol–water partition coefficient (Wildman–Crippen LogP) is 1.02. The molecular weight excluding hydrogens is 488 g/mol. The van der Waals surface area contributed by atoms with Gasteiger partial charge in [-0.25, -0.2) is 0 Å². The summed E-state index contributed by atoms with van der Waals surface area (Å²) in [7, 11) is -3.21. The molecule has 8 heteroatoms. The topological polar surface area (TPSA) is 75.7 Å². The van der Waals surface area contributed by atoms with E-state index in [1.165, 1.54) is 19.4 Å². The van der Waals surface area contributed by atoms with Crippen molar-refractivity contribution < 1.29 is 37.3 Å². The van der Waals surface area contributed by atoms with Crippen LogP contribution in [0.3, 0.4) is 0 Å². The molecule has 0 spiro atoms. The number of carbonyl (C=O) groups is 1. The fraction of sp³-hybridized carbons (Fsp3) is 0.467. The third-order valence-electron chi connectivity index (χ3n) is 4.15. The van der Waals surface area contributed by atoms with Crippen LogP contribution in [0.2, 0.25) is 0 Å². The van der Waals surface area contributed by atoms with Crippen LogP contribution < -0.4 is 10.2 Å². The molecule has 124 valence electrons. The van der Waals surface area contributed by atoms with E-state index in [0.717, 1.165) is 9.59 Å². The van der Waals surface area contributed by atoms with Gasteiger partial charge in [0.15, 0.2) is 0 Å². The first-order chi connectivity index (χ1) is 10.8. The van der Waals surface area contributed by atoms with Crippen LogP contribution in [0.5, 0.6) is 0 Å². The van der Waals surface area contributed by atoms with Gasteiger partial charge in [0, 0.05) is 0 Å². The van der Waals surface area contributed by atoms with Crippen LogP contribution in [0.25, 0.3) is 0 Å². The van der Waals surface area contributed by atoms with Crippen LogP contribution in [0.4, 0.5) is 10.5 Å². The zero-order valence-corrected chi connectivity index (χ0v) is 16.7. The van der Waals surface area contributed by atoms with Crippen molar-refractivity contribution in [1.29, 1.82) is 0 Å². The third kappa shape index (κ3) is 3.14. The maximum atomic E-state index is 12.2. The summed E-state index contributed by atoms with van der Waals surface area (Å²) in [6.07, 6.45) is -0.0916. The number of amides is 1. The van der Waals surface area contributed by atoms with Gasteiger partial charge in [0.05, 0.1) is 0 Å². The van der Waals surface area contributed by atoms with Crippen molar-refractivity contribution in [3.8, 4) is 0 Å². The standard InChI is InChI=1S/C15H18N2O4S.W/c1-3-16-8-13-9-17(15(18)21-13)12-4-5-14-11(7-12)6-10(2)22(14,19)20;/h4-5,7,10,13,16H,6,8-9H2,1-2H3;. The van der Waals surface area contributed by atoms with Crippen LogP contribution in [-0.4, -0.2) is 43.0 Å². The van der Waals surface area contributed by atoms with E-state index in [1.807, 2.05) is 6.92 Å². The molecule has 2 aliphatic rings. The van der Waals surface area contributed by atoms with Crippen molar-refractivity contribution in [3.05, 3.63) is 23.8 Å².